The summed E-state index contributed by atoms with van der Waals surface area (Å²) < 4.78 is 4.62. The lowest BCUT2D eigenvalue weighted by Gasteiger charge is -2.22. The standard InChI is InChI=1S/C23H26N4O4S2/c1-4-26(5-2)14-20(28)24-18-13-17(33-16-9-7-6-8-10-16)11-12-19(18)27-21(29)15-32-22(27)25-23(30)31-3/h6-13H,4-5,14-15H2,1-3H3,(H,24,28)/b25-22+. The molecule has 0 spiro atoms. The molecule has 1 aliphatic heterocycles. The molecule has 0 aromatic heterocycles. The van der Waals surface area contributed by atoms with Gasteiger partial charge in [0.25, 0.3) is 0 Å². The summed E-state index contributed by atoms with van der Waals surface area (Å²) in [5.41, 5.74) is 0.930. The summed E-state index contributed by atoms with van der Waals surface area (Å²) in [5.74, 6) is -0.277. The van der Waals surface area contributed by atoms with E-state index in [0.29, 0.717) is 11.4 Å². The van der Waals surface area contributed by atoms with Crippen LogP contribution in [0.15, 0.2) is 63.3 Å². The molecule has 3 amide bonds. The maximum atomic E-state index is 12.8. The minimum absolute atomic E-state index is 0.142. The van der Waals surface area contributed by atoms with Crippen molar-refractivity contribution in [2.24, 2.45) is 4.99 Å². The van der Waals surface area contributed by atoms with Gasteiger partial charge >= 0.3 is 6.09 Å². The van der Waals surface area contributed by atoms with Gasteiger partial charge in [-0.25, -0.2) is 4.79 Å². The summed E-state index contributed by atoms with van der Waals surface area (Å²) in [6.45, 7) is 5.72. The first-order chi connectivity index (χ1) is 15.9. The van der Waals surface area contributed by atoms with Crippen molar-refractivity contribution in [1.29, 1.82) is 0 Å². The molecule has 1 saturated heterocycles. The molecule has 3 rings (SSSR count). The van der Waals surface area contributed by atoms with Crippen LogP contribution >= 0.6 is 23.5 Å². The molecule has 174 valence electrons. The molecule has 1 fully saturated rings. The third-order valence-electron chi connectivity index (χ3n) is 4.85. The molecule has 0 unspecified atom stereocenters. The number of nitrogens with zero attached hydrogens (tertiary/aromatic N) is 3. The van der Waals surface area contributed by atoms with E-state index in [1.807, 2.05) is 61.2 Å². The SMILES string of the molecule is CCN(CC)CC(=O)Nc1cc(Sc2ccccc2)ccc1N1C(=O)CS/C1=N/C(=O)OC. The number of amides is 3. The zero-order valence-electron chi connectivity index (χ0n) is 18.7. The van der Waals surface area contributed by atoms with Crippen LogP contribution in [0, 0.1) is 0 Å². The number of rotatable bonds is 8. The van der Waals surface area contributed by atoms with Crippen LogP contribution in [0.25, 0.3) is 0 Å². The van der Waals surface area contributed by atoms with Gasteiger partial charge in [0, 0.05) is 9.79 Å². The van der Waals surface area contributed by atoms with Gasteiger partial charge in [0.05, 0.1) is 30.8 Å². The highest BCUT2D eigenvalue weighted by Crippen LogP contribution is 2.37. The van der Waals surface area contributed by atoms with Crippen LogP contribution in [-0.4, -0.2) is 60.5 Å². The fourth-order valence-corrected chi connectivity index (χ4v) is 4.87. The fourth-order valence-electron chi connectivity index (χ4n) is 3.14. The number of nitrogens with one attached hydrogen (secondary N) is 1. The Kier molecular flexibility index (Phi) is 8.93. The lowest BCUT2D eigenvalue weighted by Crippen LogP contribution is -2.34. The summed E-state index contributed by atoms with van der Waals surface area (Å²) in [6, 6.07) is 15.3. The average molecular weight is 487 g/mol. The predicted molar refractivity (Wildman–Crippen MR) is 133 cm³/mol. The molecule has 2 aromatic rings. The highest BCUT2D eigenvalue weighted by Gasteiger charge is 2.32. The summed E-state index contributed by atoms with van der Waals surface area (Å²) >= 11 is 2.69. The lowest BCUT2D eigenvalue weighted by molar-refractivity contribution is -0.117. The van der Waals surface area contributed by atoms with Crippen molar-refractivity contribution in [3.05, 3.63) is 48.5 Å². The quantitative estimate of drug-likeness (QED) is 0.594. The van der Waals surface area contributed by atoms with Crippen molar-refractivity contribution in [3.8, 4) is 0 Å². The lowest BCUT2D eigenvalue weighted by atomic mass is 10.2. The second kappa shape index (κ2) is 11.9. The van der Waals surface area contributed by atoms with E-state index >= 15 is 0 Å². The minimum atomic E-state index is -0.791. The number of aliphatic imine (C=N–C) groups is 1. The second-order valence-electron chi connectivity index (χ2n) is 6.99. The van der Waals surface area contributed by atoms with E-state index in [0.717, 1.165) is 34.6 Å². The number of methoxy groups -OCH3 is 1. The van der Waals surface area contributed by atoms with E-state index in [1.54, 1.807) is 17.8 Å². The molecule has 1 heterocycles. The largest absolute Gasteiger partial charge is 0.451 e. The van der Waals surface area contributed by atoms with Crippen molar-refractivity contribution < 1.29 is 19.1 Å². The first kappa shape index (κ1) is 24.8. The average Bonchev–Trinajstić information content (AvgIpc) is 3.17. The van der Waals surface area contributed by atoms with Gasteiger partial charge in [0.1, 0.15) is 0 Å². The Balaban J connectivity index is 1.97. The van der Waals surface area contributed by atoms with Crippen molar-refractivity contribution in [3.63, 3.8) is 0 Å². The molecule has 8 nitrogen and oxygen atoms in total. The molecule has 0 aliphatic carbocycles. The van der Waals surface area contributed by atoms with Crippen LogP contribution in [0.4, 0.5) is 16.2 Å². The van der Waals surface area contributed by atoms with Gasteiger partial charge in [-0.2, -0.15) is 4.99 Å². The number of carbonyl (C=O) groups is 3. The Morgan fingerprint density at radius 2 is 1.88 bits per heavy atom. The fraction of sp³-hybridized carbons (Fsp3) is 0.304. The Bertz CT molecular complexity index is 1040. The van der Waals surface area contributed by atoms with Gasteiger partial charge in [-0.05, 0) is 43.4 Å². The highest BCUT2D eigenvalue weighted by molar-refractivity contribution is 8.15. The van der Waals surface area contributed by atoms with Gasteiger partial charge in [0.2, 0.25) is 11.8 Å². The van der Waals surface area contributed by atoms with Crippen molar-refractivity contribution in [2.45, 2.75) is 23.6 Å². The Morgan fingerprint density at radius 3 is 2.55 bits per heavy atom. The zero-order chi connectivity index (χ0) is 23.8. The topological polar surface area (TPSA) is 91.3 Å². The van der Waals surface area contributed by atoms with Crippen molar-refractivity contribution in [2.75, 3.05) is 42.7 Å². The molecule has 0 bridgehead atoms. The number of carbonyl (C=O) groups excluding carboxylic acids is 3. The predicted octanol–water partition coefficient (Wildman–Crippen LogP) is 4.32. The Hall–Kier alpha value is -2.82. The van der Waals surface area contributed by atoms with Crippen LogP contribution in [0.1, 0.15) is 13.8 Å². The summed E-state index contributed by atoms with van der Waals surface area (Å²) in [4.78, 5) is 46.4. The second-order valence-corrected chi connectivity index (χ2v) is 9.08. The number of hydrogen-bond donors (Lipinski definition) is 1. The number of amidine groups is 1. The van der Waals surface area contributed by atoms with Crippen LogP contribution < -0.4 is 10.2 Å². The molecule has 10 heteroatoms. The molecule has 2 aromatic carbocycles. The monoisotopic (exact) mass is 486 g/mol. The van der Waals surface area contributed by atoms with E-state index in [-0.39, 0.29) is 29.3 Å². The maximum absolute atomic E-state index is 12.8. The van der Waals surface area contributed by atoms with Crippen molar-refractivity contribution >= 4 is 58.0 Å². The third kappa shape index (κ3) is 6.59. The smallest absolute Gasteiger partial charge is 0.435 e. The van der Waals surface area contributed by atoms with Crippen LogP contribution in [0.5, 0.6) is 0 Å². The number of hydrogen-bond acceptors (Lipinski definition) is 7. The number of anilines is 2. The van der Waals surface area contributed by atoms with Gasteiger partial charge in [0.15, 0.2) is 5.17 Å². The van der Waals surface area contributed by atoms with E-state index in [9.17, 15) is 14.4 Å². The summed E-state index contributed by atoms with van der Waals surface area (Å²) in [6.07, 6.45) is -0.791. The first-order valence-electron chi connectivity index (χ1n) is 10.5. The van der Waals surface area contributed by atoms with Gasteiger partial charge in [-0.1, -0.05) is 55.6 Å². The molecular formula is C23H26N4O4S2. The van der Waals surface area contributed by atoms with E-state index < -0.39 is 6.09 Å². The normalized spacial score (nSPS) is 14.7. The molecule has 0 atom stereocenters. The molecule has 33 heavy (non-hydrogen) atoms. The summed E-state index contributed by atoms with van der Waals surface area (Å²) in [7, 11) is 1.23. The maximum Gasteiger partial charge on any atom is 0.435 e. The summed E-state index contributed by atoms with van der Waals surface area (Å²) in [5, 5.41) is 3.17. The number of thioether (sulfide) groups is 1. The first-order valence-corrected chi connectivity index (χ1v) is 12.3. The Morgan fingerprint density at radius 1 is 1.15 bits per heavy atom. The number of ether oxygens (including phenoxy) is 1. The van der Waals surface area contributed by atoms with E-state index in [1.165, 1.54) is 12.0 Å². The molecule has 0 radical (unpaired) electrons. The highest BCUT2D eigenvalue weighted by atomic mass is 32.2. The molecule has 0 saturated carbocycles. The van der Waals surface area contributed by atoms with E-state index in [4.69, 9.17) is 0 Å². The minimum Gasteiger partial charge on any atom is -0.451 e. The van der Waals surface area contributed by atoms with Crippen LogP contribution in [0.2, 0.25) is 0 Å². The van der Waals surface area contributed by atoms with Crippen molar-refractivity contribution in [1.82, 2.24) is 4.90 Å². The number of benzene rings is 2. The van der Waals surface area contributed by atoms with Gasteiger partial charge in [-0.15, -0.1) is 0 Å². The van der Waals surface area contributed by atoms with Crippen LogP contribution in [-0.2, 0) is 14.3 Å². The molecule has 1 aliphatic rings. The zero-order valence-corrected chi connectivity index (χ0v) is 20.4. The number of likely N-dealkylation sites (N-methyl/N-ethyl adjacent to an activating group) is 1. The van der Waals surface area contributed by atoms with Gasteiger partial charge < -0.3 is 10.1 Å². The van der Waals surface area contributed by atoms with Crippen LogP contribution in [0.3, 0.4) is 0 Å². The molecular weight excluding hydrogens is 460 g/mol. The van der Waals surface area contributed by atoms with E-state index in [2.05, 4.69) is 15.0 Å². The third-order valence-corrected chi connectivity index (χ3v) is 6.77. The molecule has 1 N–H and O–H groups in total. The van der Waals surface area contributed by atoms with Gasteiger partial charge in [-0.3, -0.25) is 19.4 Å². The Labute approximate surface area is 201 Å².